The first-order valence-corrected chi connectivity index (χ1v) is 9.34. The first kappa shape index (κ1) is 15.4. The molecule has 1 atom stereocenters. The lowest BCUT2D eigenvalue weighted by Crippen LogP contribution is -2.03. The van der Waals surface area contributed by atoms with Crippen molar-refractivity contribution < 1.29 is 18.6 Å². The van der Waals surface area contributed by atoms with Crippen molar-refractivity contribution in [3.05, 3.63) is 0 Å². The van der Waals surface area contributed by atoms with Crippen LogP contribution in [0.25, 0.3) is 0 Å². The molecule has 90 valence electrons. The van der Waals surface area contributed by atoms with Gasteiger partial charge in [-0.15, -0.1) is 11.8 Å². The van der Waals surface area contributed by atoms with Gasteiger partial charge in [0.25, 0.3) is 6.57 Å². The van der Waals surface area contributed by atoms with E-state index in [-0.39, 0.29) is 11.7 Å². The second-order valence-corrected chi connectivity index (χ2v) is 9.24. The lowest BCUT2D eigenvalue weighted by molar-refractivity contribution is -0.137. The van der Waals surface area contributed by atoms with Gasteiger partial charge >= 0.3 is 5.97 Å². The van der Waals surface area contributed by atoms with Gasteiger partial charge in [-0.3, -0.25) is 9.36 Å². The fourth-order valence-electron chi connectivity index (χ4n) is 0.611. The Morgan fingerprint density at radius 2 is 2.13 bits per heavy atom. The maximum absolute atomic E-state index is 11.7. The van der Waals surface area contributed by atoms with Crippen LogP contribution in [0.3, 0.4) is 0 Å². The van der Waals surface area contributed by atoms with E-state index in [4.69, 9.17) is 4.52 Å². The van der Waals surface area contributed by atoms with E-state index in [1.807, 2.05) is 6.92 Å². The molecule has 0 saturated carbocycles. The highest BCUT2D eigenvalue weighted by molar-refractivity contribution is 8.58. The third-order valence-corrected chi connectivity index (χ3v) is 6.67. The summed E-state index contributed by atoms with van der Waals surface area (Å²) in [6.45, 7) is 1.55. The predicted molar refractivity (Wildman–Crippen MR) is 66.7 cm³/mol. The molecule has 7 heteroatoms. The molecule has 0 aromatic carbocycles. The summed E-state index contributed by atoms with van der Waals surface area (Å²) >= 11 is 2.64. The van der Waals surface area contributed by atoms with Crippen LogP contribution in [0.1, 0.15) is 13.3 Å². The van der Waals surface area contributed by atoms with Crippen molar-refractivity contribution in [3.63, 3.8) is 0 Å². The van der Waals surface area contributed by atoms with Gasteiger partial charge < -0.3 is 9.26 Å². The van der Waals surface area contributed by atoms with Gasteiger partial charge in [-0.05, 0) is 6.42 Å². The van der Waals surface area contributed by atoms with Crippen molar-refractivity contribution in [1.29, 1.82) is 0 Å². The molecular weight excluding hydrogens is 255 g/mol. The minimum atomic E-state index is -2.53. The van der Waals surface area contributed by atoms with Crippen LogP contribution in [-0.4, -0.2) is 37.2 Å². The number of thioether (sulfide) groups is 1. The zero-order valence-corrected chi connectivity index (χ0v) is 11.8. The zero-order valence-electron chi connectivity index (χ0n) is 9.23. The lowest BCUT2D eigenvalue weighted by atomic mass is 10.5. The molecule has 0 aliphatic heterocycles. The number of esters is 1. The third kappa shape index (κ3) is 9.30. The van der Waals surface area contributed by atoms with Crippen LogP contribution in [0, 0.1) is 0 Å². The Hall–Kier alpha value is 0.360. The number of hydrogen-bond acceptors (Lipinski definition) is 6. The molecule has 0 radical (unpaired) electrons. The fourth-order valence-corrected chi connectivity index (χ4v) is 5.72. The number of hydrogen-bond donors (Lipinski definition) is 0. The molecule has 0 saturated heterocycles. The maximum atomic E-state index is 11.7. The molecule has 0 bridgehead atoms. The number of ether oxygens (including phenoxy) is 1. The minimum absolute atomic E-state index is 0.263. The van der Waals surface area contributed by atoms with Crippen molar-refractivity contribution in [2.75, 3.05) is 31.2 Å². The second kappa shape index (κ2) is 8.50. The van der Waals surface area contributed by atoms with Gasteiger partial charge in [-0.25, -0.2) is 0 Å². The maximum Gasteiger partial charge on any atom is 0.315 e. The van der Waals surface area contributed by atoms with E-state index in [9.17, 15) is 9.36 Å². The average Bonchev–Trinajstić information content (AvgIpc) is 2.21. The zero-order chi connectivity index (χ0) is 11.7. The van der Waals surface area contributed by atoms with E-state index in [0.717, 1.165) is 6.42 Å². The van der Waals surface area contributed by atoms with Gasteiger partial charge in [0.1, 0.15) is 0 Å². The summed E-state index contributed by atoms with van der Waals surface area (Å²) in [5.74, 6) is 0.0260. The van der Waals surface area contributed by atoms with Gasteiger partial charge in [0.05, 0.1) is 19.5 Å². The molecule has 0 aliphatic carbocycles. The molecule has 0 aromatic heterocycles. The number of rotatable bonds is 8. The average molecular weight is 272 g/mol. The summed E-state index contributed by atoms with van der Waals surface area (Å²) in [6, 6.07) is 0. The van der Waals surface area contributed by atoms with Gasteiger partial charge in [0.15, 0.2) is 0 Å². The molecule has 0 amide bonds. The van der Waals surface area contributed by atoms with Crippen LogP contribution in [0.5, 0.6) is 0 Å². The number of carbonyl (C=O) groups is 1. The summed E-state index contributed by atoms with van der Waals surface area (Å²) in [7, 11) is 1.35. The first-order valence-electron chi connectivity index (χ1n) is 4.53. The quantitative estimate of drug-likeness (QED) is 0.293. The summed E-state index contributed by atoms with van der Waals surface area (Å²) in [5, 5.41) is 0.576. The molecule has 0 spiro atoms. The molecule has 15 heavy (non-hydrogen) atoms. The summed E-state index contributed by atoms with van der Waals surface area (Å²) in [4.78, 5) is 10.8. The Labute approximate surface area is 99.1 Å². The van der Waals surface area contributed by atoms with E-state index in [0.29, 0.717) is 11.7 Å². The monoisotopic (exact) mass is 272 g/mol. The van der Waals surface area contributed by atoms with Crippen LogP contribution < -0.4 is 0 Å². The largest absolute Gasteiger partial charge is 0.468 e. The molecule has 0 rings (SSSR count). The number of carbonyl (C=O) groups excluding carboxylic acids is 1. The van der Waals surface area contributed by atoms with Crippen LogP contribution in [0.2, 0.25) is 0 Å². The summed E-state index contributed by atoms with van der Waals surface area (Å²) in [5.41, 5.74) is 0. The van der Waals surface area contributed by atoms with E-state index < -0.39 is 6.57 Å². The smallest absolute Gasteiger partial charge is 0.315 e. The third-order valence-electron chi connectivity index (χ3n) is 1.35. The molecule has 0 N–H and O–H groups in total. The van der Waals surface area contributed by atoms with Crippen LogP contribution in [0.15, 0.2) is 0 Å². The molecule has 4 nitrogen and oxygen atoms in total. The van der Waals surface area contributed by atoms with E-state index in [1.165, 1.54) is 30.3 Å². The fraction of sp³-hybridized carbons (Fsp3) is 0.875. The highest BCUT2D eigenvalue weighted by atomic mass is 32.7. The highest BCUT2D eigenvalue weighted by Gasteiger charge is 2.16. The topological polar surface area (TPSA) is 52.6 Å². The van der Waals surface area contributed by atoms with Crippen molar-refractivity contribution in [2.24, 2.45) is 0 Å². The van der Waals surface area contributed by atoms with E-state index >= 15 is 0 Å². The molecule has 1 unspecified atom stereocenters. The molecular formula is C8H17O4PS2. The van der Waals surface area contributed by atoms with Crippen LogP contribution >= 0.6 is 29.7 Å². The summed E-state index contributed by atoms with van der Waals surface area (Å²) < 4.78 is 21.4. The second-order valence-electron chi connectivity index (χ2n) is 2.78. The highest BCUT2D eigenvalue weighted by Crippen LogP contribution is 2.57. The Bertz CT molecular complexity index is 235. The van der Waals surface area contributed by atoms with Gasteiger partial charge in [0.2, 0.25) is 0 Å². The van der Waals surface area contributed by atoms with E-state index in [2.05, 4.69) is 4.74 Å². The van der Waals surface area contributed by atoms with E-state index in [1.54, 1.807) is 6.66 Å². The lowest BCUT2D eigenvalue weighted by Gasteiger charge is -2.11. The van der Waals surface area contributed by atoms with Gasteiger partial charge in [-0.1, -0.05) is 18.3 Å². The van der Waals surface area contributed by atoms with Gasteiger partial charge in [0, 0.05) is 11.7 Å². The SMILES string of the molecule is CCCOP(C)(=O)SCSCC(=O)OC. The summed E-state index contributed by atoms with van der Waals surface area (Å²) in [6.07, 6.45) is 0.855. The van der Waals surface area contributed by atoms with Crippen molar-refractivity contribution in [1.82, 2.24) is 0 Å². The Morgan fingerprint density at radius 3 is 2.67 bits per heavy atom. The predicted octanol–water partition coefficient (Wildman–Crippen LogP) is 2.83. The molecule has 0 aliphatic rings. The van der Waals surface area contributed by atoms with Gasteiger partial charge in [-0.2, -0.15) is 0 Å². The standard InChI is InChI=1S/C8H17O4PS2/c1-4-5-12-13(3,10)15-7-14-6-8(9)11-2/h4-7H2,1-3H3. The van der Waals surface area contributed by atoms with Crippen molar-refractivity contribution in [3.8, 4) is 0 Å². The number of methoxy groups -OCH3 is 1. The minimum Gasteiger partial charge on any atom is -0.468 e. The first-order chi connectivity index (χ1) is 7.02. The van der Waals surface area contributed by atoms with Crippen molar-refractivity contribution in [2.45, 2.75) is 13.3 Å². The Balaban J connectivity index is 3.57. The van der Waals surface area contributed by atoms with Crippen molar-refractivity contribution >= 4 is 35.7 Å². The van der Waals surface area contributed by atoms with Crippen LogP contribution in [-0.2, 0) is 18.6 Å². The molecule has 0 aromatic rings. The molecule has 0 fully saturated rings. The van der Waals surface area contributed by atoms with Crippen LogP contribution in [0.4, 0.5) is 0 Å². The Morgan fingerprint density at radius 1 is 1.47 bits per heavy atom. The Kier molecular flexibility index (Phi) is 8.71. The normalized spacial score (nSPS) is 14.6. The molecule has 0 heterocycles.